The van der Waals surface area contributed by atoms with E-state index in [2.05, 4.69) is 21.4 Å². The van der Waals surface area contributed by atoms with Crippen molar-refractivity contribution < 1.29 is 9.53 Å². The molecule has 3 N–H and O–H groups in total. The number of carbonyl (C=O) groups is 1. The Balaban J connectivity index is 1.48. The maximum absolute atomic E-state index is 14.0. The normalized spacial score (nSPS) is 15.9. The van der Waals surface area contributed by atoms with Crippen molar-refractivity contribution >= 4 is 22.9 Å². The van der Waals surface area contributed by atoms with Gasteiger partial charge in [-0.2, -0.15) is 5.26 Å². The molecule has 0 bridgehead atoms. The number of nitriles is 1. The topological polar surface area (TPSA) is 144 Å². The Morgan fingerprint density at radius 2 is 1.88 bits per heavy atom. The zero-order chi connectivity index (χ0) is 29.9. The van der Waals surface area contributed by atoms with E-state index in [1.165, 1.54) is 10.9 Å². The standard InChI is InChI=1S/C31H34N8O3/c1-4-36-31(2,3)17-21(18-32)29(40)37-16-8-9-23(19-37)39-28-26(27(33)34-20-35-28)38(30(39)41)22-12-14-25(15-13-22)42-24-10-6-5-7-11-24/h5-7,10-15,17,20,23,36H,4,8-9,16,19H2,1-3H3,(H2,33,34,35). The molecule has 2 aromatic heterocycles. The molecule has 3 heterocycles. The molecule has 1 atom stereocenters. The fourth-order valence-corrected chi connectivity index (χ4v) is 5.45. The molecule has 1 fully saturated rings. The van der Waals surface area contributed by atoms with E-state index in [1.807, 2.05) is 51.1 Å². The average molecular weight is 567 g/mol. The van der Waals surface area contributed by atoms with Crippen molar-refractivity contribution in [3.8, 4) is 23.3 Å². The molecule has 1 aliphatic heterocycles. The number of piperidine rings is 1. The minimum atomic E-state index is -0.523. The van der Waals surface area contributed by atoms with E-state index in [4.69, 9.17) is 10.5 Å². The van der Waals surface area contributed by atoms with Gasteiger partial charge in [-0.3, -0.25) is 13.9 Å². The number of fused-ring (bicyclic) bond motifs is 1. The summed E-state index contributed by atoms with van der Waals surface area (Å²) in [6.45, 7) is 7.24. The van der Waals surface area contributed by atoms with Gasteiger partial charge in [0.1, 0.15) is 35.0 Å². The Labute approximate surface area is 243 Å². The van der Waals surface area contributed by atoms with Gasteiger partial charge >= 0.3 is 5.69 Å². The number of benzene rings is 2. The first-order valence-corrected chi connectivity index (χ1v) is 14.0. The van der Waals surface area contributed by atoms with Crippen LogP contribution >= 0.6 is 0 Å². The van der Waals surface area contributed by atoms with Gasteiger partial charge in [0.2, 0.25) is 0 Å². The Bertz CT molecular complexity index is 1720. The number of nitrogen functional groups attached to an aromatic ring is 1. The summed E-state index contributed by atoms with van der Waals surface area (Å²) in [4.78, 5) is 37.7. The van der Waals surface area contributed by atoms with Crippen molar-refractivity contribution in [1.82, 2.24) is 29.3 Å². The molecular formula is C31H34N8O3. The second-order valence-corrected chi connectivity index (χ2v) is 10.8. The molecule has 2 aromatic carbocycles. The second-order valence-electron chi connectivity index (χ2n) is 10.8. The van der Waals surface area contributed by atoms with Gasteiger partial charge in [0.05, 0.1) is 11.7 Å². The van der Waals surface area contributed by atoms with Gasteiger partial charge in [-0.1, -0.05) is 25.1 Å². The number of nitrogens with zero attached hydrogens (tertiary/aromatic N) is 6. The molecule has 11 heteroatoms. The number of likely N-dealkylation sites (N-methyl/N-ethyl adjacent to an activating group) is 1. The van der Waals surface area contributed by atoms with Gasteiger partial charge < -0.3 is 20.7 Å². The molecule has 1 saturated heterocycles. The number of carbonyl (C=O) groups excluding carboxylic acids is 1. The van der Waals surface area contributed by atoms with Crippen LogP contribution in [0.3, 0.4) is 0 Å². The lowest BCUT2D eigenvalue weighted by molar-refractivity contribution is -0.128. The molecule has 42 heavy (non-hydrogen) atoms. The van der Waals surface area contributed by atoms with E-state index in [0.717, 1.165) is 0 Å². The zero-order valence-electron chi connectivity index (χ0n) is 23.9. The molecule has 4 aromatic rings. The Morgan fingerprint density at radius 1 is 1.17 bits per heavy atom. The third-order valence-electron chi connectivity index (χ3n) is 7.29. The first kappa shape index (κ1) is 28.6. The van der Waals surface area contributed by atoms with Crippen molar-refractivity contribution in [2.45, 2.75) is 45.2 Å². The molecule has 1 amide bonds. The number of imidazole rings is 1. The fraction of sp³-hybridized carbons (Fsp3) is 0.323. The molecule has 0 radical (unpaired) electrons. The highest BCUT2D eigenvalue weighted by atomic mass is 16.5. The second kappa shape index (κ2) is 11.9. The molecule has 5 rings (SSSR count). The average Bonchev–Trinajstić information content (AvgIpc) is 3.29. The van der Waals surface area contributed by atoms with Gasteiger partial charge in [-0.05, 0) is 75.7 Å². The number of nitrogens with two attached hydrogens (primary N) is 1. The van der Waals surface area contributed by atoms with Crippen LogP contribution < -0.4 is 21.5 Å². The molecular weight excluding hydrogens is 532 g/mol. The number of amides is 1. The SMILES string of the molecule is CCNC(C)(C)C=C(C#N)C(=O)N1CCCC(n2c(=O)n(-c3ccc(Oc4ccccc4)cc3)c3c(N)ncnc32)C1. The third-order valence-corrected chi connectivity index (χ3v) is 7.29. The Morgan fingerprint density at radius 3 is 2.57 bits per heavy atom. The van der Waals surface area contributed by atoms with E-state index in [0.29, 0.717) is 54.3 Å². The Hall–Kier alpha value is -4.95. The maximum Gasteiger partial charge on any atom is 0.335 e. The highest BCUT2D eigenvalue weighted by molar-refractivity contribution is 5.97. The van der Waals surface area contributed by atoms with Crippen LogP contribution in [0.1, 0.15) is 39.7 Å². The number of nitrogens with one attached hydrogen (secondary N) is 1. The van der Waals surface area contributed by atoms with E-state index >= 15 is 0 Å². The van der Waals surface area contributed by atoms with Crippen LogP contribution in [0.15, 0.2) is 77.4 Å². The minimum absolute atomic E-state index is 0.0701. The van der Waals surface area contributed by atoms with Crippen molar-refractivity contribution in [1.29, 1.82) is 5.26 Å². The van der Waals surface area contributed by atoms with Crippen molar-refractivity contribution in [2.24, 2.45) is 0 Å². The van der Waals surface area contributed by atoms with Gasteiger partial charge in [0.15, 0.2) is 11.5 Å². The third kappa shape index (κ3) is 5.75. The van der Waals surface area contributed by atoms with Gasteiger partial charge in [-0.15, -0.1) is 0 Å². The summed E-state index contributed by atoms with van der Waals surface area (Å²) in [5.41, 5.74) is 6.87. The fourth-order valence-electron chi connectivity index (χ4n) is 5.45. The number of para-hydroxylation sites is 1. The monoisotopic (exact) mass is 566 g/mol. The van der Waals surface area contributed by atoms with E-state index in [1.54, 1.807) is 39.8 Å². The molecule has 0 aliphatic carbocycles. The highest BCUT2D eigenvalue weighted by Crippen LogP contribution is 2.29. The number of rotatable bonds is 8. The summed E-state index contributed by atoms with van der Waals surface area (Å²) in [7, 11) is 0. The molecule has 0 saturated carbocycles. The van der Waals surface area contributed by atoms with Gasteiger partial charge in [0.25, 0.3) is 5.91 Å². The smallest absolute Gasteiger partial charge is 0.335 e. The molecule has 216 valence electrons. The van der Waals surface area contributed by atoms with Crippen LogP contribution in [0.5, 0.6) is 11.5 Å². The lowest BCUT2D eigenvalue weighted by Gasteiger charge is -2.33. The van der Waals surface area contributed by atoms with Crippen LogP contribution in [0.4, 0.5) is 5.82 Å². The van der Waals surface area contributed by atoms with Crippen molar-refractivity contribution in [3.63, 3.8) is 0 Å². The number of hydrogen-bond acceptors (Lipinski definition) is 8. The van der Waals surface area contributed by atoms with Crippen LogP contribution in [-0.2, 0) is 4.79 Å². The lowest BCUT2D eigenvalue weighted by atomic mass is 9.99. The summed E-state index contributed by atoms with van der Waals surface area (Å²) in [5, 5.41) is 13.1. The Kier molecular flexibility index (Phi) is 8.08. The van der Waals surface area contributed by atoms with Crippen LogP contribution in [0.25, 0.3) is 16.9 Å². The largest absolute Gasteiger partial charge is 0.457 e. The first-order valence-electron chi connectivity index (χ1n) is 14.0. The minimum Gasteiger partial charge on any atom is -0.457 e. The van der Waals surface area contributed by atoms with E-state index in [-0.39, 0.29) is 35.6 Å². The number of ether oxygens (including phenoxy) is 1. The predicted molar refractivity (Wildman–Crippen MR) is 160 cm³/mol. The number of likely N-dealkylation sites (tertiary alicyclic amines) is 1. The quantitative estimate of drug-likeness (QED) is 0.241. The van der Waals surface area contributed by atoms with Gasteiger partial charge in [-0.25, -0.2) is 14.8 Å². The first-order chi connectivity index (χ1) is 20.2. The van der Waals surface area contributed by atoms with E-state index < -0.39 is 5.54 Å². The summed E-state index contributed by atoms with van der Waals surface area (Å²) in [5.74, 6) is 1.14. The molecule has 0 spiro atoms. The van der Waals surface area contributed by atoms with Crippen molar-refractivity contribution in [3.05, 3.63) is 83.1 Å². The number of aromatic nitrogens is 4. The highest BCUT2D eigenvalue weighted by Gasteiger charge is 2.31. The maximum atomic E-state index is 14.0. The predicted octanol–water partition coefficient (Wildman–Crippen LogP) is 3.96. The summed E-state index contributed by atoms with van der Waals surface area (Å²) in [6, 6.07) is 18.3. The number of hydrogen-bond donors (Lipinski definition) is 2. The summed E-state index contributed by atoms with van der Waals surface area (Å²) >= 11 is 0. The van der Waals surface area contributed by atoms with E-state index in [9.17, 15) is 14.9 Å². The number of anilines is 1. The summed E-state index contributed by atoms with van der Waals surface area (Å²) < 4.78 is 9.00. The van der Waals surface area contributed by atoms with Crippen LogP contribution in [-0.4, -0.2) is 55.1 Å². The lowest BCUT2D eigenvalue weighted by Crippen LogP contribution is -2.44. The zero-order valence-corrected chi connectivity index (χ0v) is 23.9. The summed E-state index contributed by atoms with van der Waals surface area (Å²) in [6.07, 6.45) is 4.32. The van der Waals surface area contributed by atoms with Crippen LogP contribution in [0.2, 0.25) is 0 Å². The van der Waals surface area contributed by atoms with Crippen LogP contribution in [0, 0.1) is 11.3 Å². The van der Waals surface area contributed by atoms with Gasteiger partial charge in [0, 0.05) is 18.6 Å². The van der Waals surface area contributed by atoms with Crippen molar-refractivity contribution in [2.75, 3.05) is 25.4 Å². The molecule has 1 aliphatic rings. The molecule has 11 nitrogen and oxygen atoms in total. The molecule has 1 unspecified atom stereocenters.